The second-order valence-electron chi connectivity index (χ2n) is 3.81. The molecule has 0 fully saturated rings. The summed E-state index contributed by atoms with van der Waals surface area (Å²) < 4.78 is 3.10. The normalized spacial score (nSPS) is 14.5. The van der Waals surface area contributed by atoms with Crippen LogP contribution in [0.1, 0.15) is 11.1 Å². The van der Waals surface area contributed by atoms with Gasteiger partial charge in [-0.2, -0.15) is 0 Å². The van der Waals surface area contributed by atoms with Gasteiger partial charge >= 0.3 is 107 Å². The van der Waals surface area contributed by atoms with E-state index in [1.54, 1.807) is 8.92 Å². The van der Waals surface area contributed by atoms with Crippen LogP contribution in [0.15, 0.2) is 48.5 Å². The molecular weight excluding hydrogens is 279 g/mol. The first-order valence-corrected chi connectivity index (χ1v) is 8.22. The Morgan fingerprint density at radius 2 is 1.25 bits per heavy atom. The Kier molecular flexibility index (Phi) is 3.05. The Bertz CT molecular complexity index is 462. The molecule has 0 aromatic heterocycles. The molecule has 0 atom stereocenters. The van der Waals surface area contributed by atoms with E-state index in [1.807, 2.05) is 11.8 Å². The first kappa shape index (κ1) is 10.5. The molecule has 1 heterocycles. The summed E-state index contributed by atoms with van der Waals surface area (Å²) in [6, 6.07) is 17.8. The zero-order valence-electron chi connectivity index (χ0n) is 8.85. The molecule has 0 aliphatic carbocycles. The molecular formula is C14H12SSe. The molecule has 2 heteroatoms. The van der Waals surface area contributed by atoms with Crippen LogP contribution in [0.3, 0.4) is 0 Å². The van der Waals surface area contributed by atoms with E-state index in [2.05, 4.69) is 48.5 Å². The van der Waals surface area contributed by atoms with Crippen LogP contribution in [0.25, 0.3) is 0 Å². The van der Waals surface area contributed by atoms with Crippen LogP contribution in [0.4, 0.5) is 0 Å². The van der Waals surface area contributed by atoms with E-state index in [-0.39, 0.29) is 0 Å². The average Bonchev–Trinajstić information content (AvgIpc) is 2.29. The first-order valence-electron chi connectivity index (χ1n) is 5.35. The van der Waals surface area contributed by atoms with Crippen molar-refractivity contribution in [2.24, 2.45) is 0 Å². The zero-order chi connectivity index (χ0) is 10.8. The van der Waals surface area contributed by atoms with E-state index >= 15 is 0 Å². The molecule has 2 aromatic rings. The fraction of sp³-hybridized carbons (Fsp3) is 0.143. The van der Waals surface area contributed by atoms with E-state index in [1.165, 1.54) is 11.1 Å². The number of rotatable bonds is 0. The van der Waals surface area contributed by atoms with Crippen molar-refractivity contribution in [2.75, 3.05) is 0 Å². The molecule has 1 aliphatic heterocycles. The fourth-order valence-corrected chi connectivity index (χ4v) is 5.54. The van der Waals surface area contributed by atoms with Gasteiger partial charge in [-0.15, -0.1) is 0 Å². The fourth-order valence-electron chi connectivity index (χ4n) is 1.83. The second-order valence-corrected chi connectivity index (χ2v) is 7.07. The Hall–Kier alpha value is -0.691. The summed E-state index contributed by atoms with van der Waals surface area (Å²) in [4.78, 5) is 0. The predicted molar refractivity (Wildman–Crippen MR) is 72.9 cm³/mol. The van der Waals surface area contributed by atoms with Crippen molar-refractivity contribution in [3.05, 3.63) is 59.7 Å². The Morgan fingerprint density at radius 1 is 0.750 bits per heavy atom. The topological polar surface area (TPSA) is 0 Å². The van der Waals surface area contributed by atoms with Gasteiger partial charge in [-0.3, -0.25) is 0 Å². The molecule has 0 amide bonds. The first-order chi connectivity index (χ1) is 7.93. The van der Waals surface area contributed by atoms with Crippen molar-refractivity contribution in [1.82, 2.24) is 0 Å². The third-order valence-corrected chi connectivity index (χ3v) is 6.30. The van der Waals surface area contributed by atoms with Crippen LogP contribution in [0.5, 0.6) is 0 Å². The molecule has 16 heavy (non-hydrogen) atoms. The molecule has 0 spiro atoms. The molecule has 1 aliphatic rings. The van der Waals surface area contributed by atoms with Crippen LogP contribution >= 0.6 is 11.8 Å². The van der Waals surface area contributed by atoms with E-state index in [9.17, 15) is 0 Å². The molecule has 0 N–H and O–H groups in total. The van der Waals surface area contributed by atoms with Crippen molar-refractivity contribution in [1.29, 1.82) is 0 Å². The monoisotopic (exact) mass is 292 g/mol. The number of fused-ring (bicyclic) bond motifs is 2. The second kappa shape index (κ2) is 4.67. The third kappa shape index (κ3) is 2.06. The van der Waals surface area contributed by atoms with Gasteiger partial charge in [-0.05, 0) is 0 Å². The number of hydrogen-bond donors (Lipinski definition) is 0. The third-order valence-electron chi connectivity index (χ3n) is 2.68. The van der Waals surface area contributed by atoms with Crippen molar-refractivity contribution in [2.45, 2.75) is 11.5 Å². The predicted octanol–water partition coefficient (Wildman–Crippen LogP) is 2.09. The van der Waals surface area contributed by atoms with E-state index < -0.39 is 0 Å². The molecule has 3 rings (SSSR count). The van der Waals surface area contributed by atoms with Gasteiger partial charge in [0.2, 0.25) is 0 Å². The summed E-state index contributed by atoms with van der Waals surface area (Å²) in [6.45, 7) is 0. The summed E-state index contributed by atoms with van der Waals surface area (Å²) in [6.07, 6.45) is 0. The Labute approximate surface area is 107 Å². The van der Waals surface area contributed by atoms with Crippen molar-refractivity contribution in [3.8, 4) is 0 Å². The van der Waals surface area contributed by atoms with Crippen LogP contribution in [0, 0.1) is 0 Å². The van der Waals surface area contributed by atoms with Gasteiger partial charge in [0.25, 0.3) is 0 Å². The number of benzene rings is 2. The molecule has 0 saturated carbocycles. The maximum atomic E-state index is 2.29. The summed E-state index contributed by atoms with van der Waals surface area (Å²) >= 11 is 2.50. The van der Waals surface area contributed by atoms with Gasteiger partial charge < -0.3 is 0 Å². The van der Waals surface area contributed by atoms with E-state index in [4.69, 9.17) is 0 Å². The summed E-state index contributed by atoms with van der Waals surface area (Å²) in [5.41, 5.74) is 3.06. The Balaban J connectivity index is 2.06. The van der Waals surface area contributed by atoms with Crippen LogP contribution < -0.4 is 8.92 Å². The molecule has 0 unspecified atom stereocenters. The Morgan fingerprint density at radius 3 is 1.81 bits per heavy atom. The molecule has 80 valence electrons. The molecule has 0 nitrogen and oxygen atoms in total. The summed E-state index contributed by atoms with van der Waals surface area (Å²) in [5, 5.41) is 0. The molecule has 2 aromatic carbocycles. The van der Waals surface area contributed by atoms with Crippen LogP contribution in [-0.2, 0) is 11.5 Å². The van der Waals surface area contributed by atoms with E-state index in [0.717, 1.165) is 11.5 Å². The molecule has 0 radical (unpaired) electrons. The van der Waals surface area contributed by atoms with Gasteiger partial charge in [0.15, 0.2) is 0 Å². The van der Waals surface area contributed by atoms with Crippen molar-refractivity contribution >= 4 is 35.6 Å². The van der Waals surface area contributed by atoms with Crippen molar-refractivity contribution < 1.29 is 0 Å². The molecule has 0 saturated heterocycles. The van der Waals surface area contributed by atoms with Crippen LogP contribution in [0.2, 0.25) is 0 Å². The van der Waals surface area contributed by atoms with Crippen molar-refractivity contribution in [3.63, 3.8) is 0 Å². The van der Waals surface area contributed by atoms with Gasteiger partial charge in [0, 0.05) is 0 Å². The minimum atomic E-state index is 0.480. The van der Waals surface area contributed by atoms with Gasteiger partial charge in [0.1, 0.15) is 0 Å². The minimum absolute atomic E-state index is 0.480. The van der Waals surface area contributed by atoms with Crippen LogP contribution in [-0.4, -0.2) is 15.0 Å². The summed E-state index contributed by atoms with van der Waals surface area (Å²) in [7, 11) is 0. The van der Waals surface area contributed by atoms with Gasteiger partial charge in [-0.1, -0.05) is 0 Å². The SMILES string of the molecule is c1ccc2c(c1)CSCc1ccccc1[Se]2. The average molecular weight is 291 g/mol. The molecule has 0 bridgehead atoms. The quantitative estimate of drug-likeness (QED) is 0.670. The zero-order valence-corrected chi connectivity index (χ0v) is 11.4. The number of thioether (sulfide) groups is 1. The van der Waals surface area contributed by atoms with Gasteiger partial charge in [0.05, 0.1) is 0 Å². The maximum absolute atomic E-state index is 2.29. The van der Waals surface area contributed by atoms with E-state index in [0.29, 0.717) is 15.0 Å². The summed E-state index contributed by atoms with van der Waals surface area (Å²) in [5.74, 6) is 2.32. The van der Waals surface area contributed by atoms with Gasteiger partial charge in [-0.25, -0.2) is 0 Å². The standard InChI is InChI=1S/C14H12SSe/c1-3-7-13-11(5-1)9-15-10-12-6-2-4-8-14(12)16-13/h1-8H,9-10H2. The number of hydrogen-bond acceptors (Lipinski definition) is 1.